The van der Waals surface area contributed by atoms with Crippen LogP contribution in [0.15, 0.2) is 48.5 Å². The largest absolute Gasteiger partial charge is 0.378 e. The lowest BCUT2D eigenvalue weighted by Gasteiger charge is -2.17. The fraction of sp³-hybridized carbons (Fsp3) is 0.294. The quantitative estimate of drug-likeness (QED) is 0.883. The molecule has 20 heavy (non-hydrogen) atoms. The normalized spacial score (nSPS) is 12.4. The molecular formula is C17H21FN2. The summed E-state index contributed by atoms with van der Waals surface area (Å²) in [5.74, 6) is -0.169. The van der Waals surface area contributed by atoms with E-state index in [9.17, 15) is 4.39 Å². The van der Waals surface area contributed by atoms with Crippen LogP contribution in [-0.4, -0.2) is 19.0 Å². The molecule has 106 valence electrons. The van der Waals surface area contributed by atoms with Gasteiger partial charge in [-0.05, 0) is 44.8 Å². The van der Waals surface area contributed by atoms with Crippen LogP contribution in [0.3, 0.4) is 0 Å². The highest BCUT2D eigenvalue weighted by atomic mass is 19.1. The Morgan fingerprint density at radius 3 is 2.55 bits per heavy atom. The molecule has 1 N–H and O–H groups in total. The topological polar surface area (TPSA) is 15.3 Å². The van der Waals surface area contributed by atoms with Gasteiger partial charge in [0.15, 0.2) is 0 Å². The van der Waals surface area contributed by atoms with Gasteiger partial charge in [-0.15, -0.1) is 0 Å². The van der Waals surface area contributed by atoms with E-state index in [0.29, 0.717) is 5.56 Å². The molecule has 0 heterocycles. The Balaban J connectivity index is 2.12. The number of nitrogens with one attached hydrogen (secondary N) is 1. The first-order chi connectivity index (χ1) is 9.56. The summed E-state index contributed by atoms with van der Waals surface area (Å²) in [7, 11) is 4.09. The summed E-state index contributed by atoms with van der Waals surface area (Å²) in [6.45, 7) is 2.86. The van der Waals surface area contributed by atoms with E-state index in [4.69, 9.17) is 0 Å². The number of hydrogen-bond acceptors (Lipinski definition) is 2. The van der Waals surface area contributed by atoms with Crippen LogP contribution >= 0.6 is 0 Å². The molecule has 0 saturated heterocycles. The Bertz CT molecular complexity index is 566. The van der Waals surface area contributed by atoms with E-state index in [1.165, 1.54) is 11.6 Å². The predicted molar refractivity (Wildman–Crippen MR) is 82.3 cm³/mol. The Labute approximate surface area is 120 Å². The van der Waals surface area contributed by atoms with Crippen molar-refractivity contribution in [3.05, 3.63) is 65.5 Å². The maximum Gasteiger partial charge on any atom is 0.128 e. The zero-order valence-electron chi connectivity index (χ0n) is 12.2. The molecule has 0 fully saturated rings. The Morgan fingerprint density at radius 2 is 1.85 bits per heavy atom. The minimum atomic E-state index is -0.169. The average molecular weight is 272 g/mol. The molecule has 1 atom stereocenters. The Kier molecular flexibility index (Phi) is 4.74. The van der Waals surface area contributed by atoms with Crippen molar-refractivity contribution in [2.75, 3.05) is 19.4 Å². The summed E-state index contributed by atoms with van der Waals surface area (Å²) in [5.41, 5.74) is 2.94. The number of hydrogen-bond donors (Lipinski definition) is 1. The highest BCUT2D eigenvalue weighted by Gasteiger charge is 2.10. The van der Waals surface area contributed by atoms with Crippen LogP contribution in [-0.2, 0) is 6.54 Å². The van der Waals surface area contributed by atoms with E-state index >= 15 is 0 Å². The smallest absolute Gasteiger partial charge is 0.128 e. The molecule has 0 spiro atoms. The van der Waals surface area contributed by atoms with E-state index < -0.39 is 0 Å². The number of halogens is 1. The van der Waals surface area contributed by atoms with Gasteiger partial charge in [-0.25, -0.2) is 4.39 Å². The number of benzene rings is 2. The number of nitrogens with zero attached hydrogens (tertiary/aromatic N) is 1. The van der Waals surface area contributed by atoms with Crippen molar-refractivity contribution in [1.29, 1.82) is 0 Å². The third kappa shape index (κ3) is 3.81. The van der Waals surface area contributed by atoms with Crippen LogP contribution in [0.4, 0.5) is 10.1 Å². The van der Waals surface area contributed by atoms with Gasteiger partial charge in [0.1, 0.15) is 5.82 Å². The van der Waals surface area contributed by atoms with Crippen LogP contribution in [0.25, 0.3) is 0 Å². The molecule has 2 aromatic carbocycles. The second-order valence-corrected chi connectivity index (χ2v) is 5.33. The first kappa shape index (κ1) is 14.5. The van der Waals surface area contributed by atoms with Crippen LogP contribution in [0.1, 0.15) is 24.1 Å². The van der Waals surface area contributed by atoms with Crippen molar-refractivity contribution >= 4 is 5.69 Å². The lowest BCUT2D eigenvalue weighted by atomic mass is 10.1. The van der Waals surface area contributed by atoms with E-state index in [1.54, 1.807) is 6.07 Å². The van der Waals surface area contributed by atoms with E-state index in [0.717, 1.165) is 12.2 Å². The molecule has 0 aromatic heterocycles. The van der Waals surface area contributed by atoms with Gasteiger partial charge in [0.05, 0.1) is 6.04 Å². The molecule has 0 amide bonds. The lowest BCUT2D eigenvalue weighted by molar-refractivity contribution is 0.402. The van der Waals surface area contributed by atoms with E-state index in [-0.39, 0.29) is 11.9 Å². The zero-order chi connectivity index (χ0) is 14.5. The molecular weight excluding hydrogens is 251 g/mol. The minimum Gasteiger partial charge on any atom is -0.378 e. The summed E-state index contributed by atoms with van der Waals surface area (Å²) in [6, 6.07) is 15.1. The fourth-order valence-electron chi connectivity index (χ4n) is 2.28. The van der Waals surface area contributed by atoms with Gasteiger partial charge in [0, 0.05) is 17.8 Å². The second-order valence-electron chi connectivity index (χ2n) is 5.33. The van der Waals surface area contributed by atoms with E-state index in [1.807, 2.05) is 45.3 Å². The SMILES string of the molecule is CC(Nc1cccc(CN(C)C)c1)c1ccccc1F. The Morgan fingerprint density at radius 1 is 1.10 bits per heavy atom. The van der Waals surface area contributed by atoms with Crippen molar-refractivity contribution in [2.45, 2.75) is 19.5 Å². The molecule has 0 radical (unpaired) electrons. The van der Waals surface area contributed by atoms with Gasteiger partial charge >= 0.3 is 0 Å². The molecule has 2 aromatic rings. The highest BCUT2D eigenvalue weighted by Crippen LogP contribution is 2.22. The van der Waals surface area contributed by atoms with Crippen LogP contribution in [0.5, 0.6) is 0 Å². The van der Waals surface area contributed by atoms with Gasteiger partial charge < -0.3 is 10.2 Å². The van der Waals surface area contributed by atoms with Gasteiger partial charge in [-0.3, -0.25) is 0 Å². The summed E-state index contributed by atoms with van der Waals surface area (Å²) >= 11 is 0. The summed E-state index contributed by atoms with van der Waals surface area (Å²) in [5, 5.41) is 3.35. The third-order valence-corrected chi connectivity index (χ3v) is 3.18. The highest BCUT2D eigenvalue weighted by molar-refractivity contribution is 5.47. The monoisotopic (exact) mass is 272 g/mol. The second kappa shape index (κ2) is 6.53. The van der Waals surface area contributed by atoms with Gasteiger partial charge in [0.2, 0.25) is 0 Å². The van der Waals surface area contributed by atoms with Crippen molar-refractivity contribution in [3.63, 3.8) is 0 Å². The minimum absolute atomic E-state index is 0.0641. The average Bonchev–Trinajstić information content (AvgIpc) is 2.38. The molecule has 0 aliphatic heterocycles. The summed E-state index contributed by atoms with van der Waals surface area (Å²) in [4.78, 5) is 2.12. The third-order valence-electron chi connectivity index (χ3n) is 3.18. The first-order valence-corrected chi connectivity index (χ1v) is 6.81. The standard InChI is InChI=1S/C17H21FN2/c1-13(16-9-4-5-10-17(16)18)19-15-8-6-7-14(11-15)12-20(2)3/h4-11,13,19H,12H2,1-3H3. The fourth-order valence-corrected chi connectivity index (χ4v) is 2.28. The summed E-state index contributed by atoms with van der Waals surface area (Å²) in [6.07, 6.45) is 0. The number of anilines is 1. The van der Waals surface area contributed by atoms with Crippen molar-refractivity contribution in [2.24, 2.45) is 0 Å². The Hall–Kier alpha value is -1.87. The van der Waals surface area contributed by atoms with Gasteiger partial charge in [0.25, 0.3) is 0 Å². The van der Waals surface area contributed by atoms with Gasteiger partial charge in [-0.1, -0.05) is 30.3 Å². The maximum absolute atomic E-state index is 13.7. The molecule has 3 heteroatoms. The molecule has 2 rings (SSSR count). The van der Waals surface area contributed by atoms with Crippen LogP contribution < -0.4 is 5.32 Å². The molecule has 0 aliphatic rings. The molecule has 0 bridgehead atoms. The van der Waals surface area contributed by atoms with Crippen LogP contribution in [0, 0.1) is 5.82 Å². The van der Waals surface area contributed by atoms with Gasteiger partial charge in [-0.2, -0.15) is 0 Å². The first-order valence-electron chi connectivity index (χ1n) is 6.81. The predicted octanol–water partition coefficient (Wildman–Crippen LogP) is 4.06. The van der Waals surface area contributed by atoms with E-state index in [2.05, 4.69) is 22.3 Å². The molecule has 1 unspecified atom stereocenters. The molecule has 2 nitrogen and oxygen atoms in total. The zero-order valence-corrected chi connectivity index (χ0v) is 12.2. The molecule has 0 saturated carbocycles. The molecule has 0 aliphatic carbocycles. The van der Waals surface area contributed by atoms with Crippen molar-refractivity contribution in [3.8, 4) is 0 Å². The lowest BCUT2D eigenvalue weighted by Crippen LogP contribution is -2.12. The maximum atomic E-state index is 13.7. The van der Waals surface area contributed by atoms with Crippen LogP contribution in [0.2, 0.25) is 0 Å². The summed E-state index contributed by atoms with van der Waals surface area (Å²) < 4.78 is 13.7. The van der Waals surface area contributed by atoms with Crippen molar-refractivity contribution in [1.82, 2.24) is 4.90 Å². The van der Waals surface area contributed by atoms with Crippen molar-refractivity contribution < 1.29 is 4.39 Å². The number of rotatable bonds is 5.